The summed E-state index contributed by atoms with van der Waals surface area (Å²) in [6.45, 7) is 6.28. The highest BCUT2D eigenvalue weighted by Crippen LogP contribution is 2.25. The molecule has 1 aromatic carbocycles. The van der Waals surface area contributed by atoms with Crippen molar-refractivity contribution in [2.75, 3.05) is 20.3 Å². The second kappa shape index (κ2) is 9.02. The molecule has 1 rings (SSSR count). The third-order valence-corrected chi connectivity index (χ3v) is 3.38. The maximum atomic E-state index is 12.3. The SMILES string of the molecule is COc1ccc(C(=O)NCC(C)C(=O)O)c(OCCC(C)C)c1. The molecule has 1 aromatic rings. The van der Waals surface area contributed by atoms with E-state index in [4.69, 9.17) is 14.6 Å². The van der Waals surface area contributed by atoms with Gasteiger partial charge in [-0.15, -0.1) is 0 Å². The summed E-state index contributed by atoms with van der Waals surface area (Å²) < 4.78 is 10.9. The van der Waals surface area contributed by atoms with Gasteiger partial charge in [0.05, 0.1) is 25.2 Å². The van der Waals surface area contributed by atoms with E-state index in [-0.39, 0.29) is 12.5 Å². The normalized spacial score (nSPS) is 11.9. The van der Waals surface area contributed by atoms with Gasteiger partial charge in [0.25, 0.3) is 5.91 Å². The summed E-state index contributed by atoms with van der Waals surface area (Å²) in [5.74, 6) is -0.434. The Morgan fingerprint density at radius 3 is 2.52 bits per heavy atom. The summed E-state index contributed by atoms with van der Waals surface area (Å²) in [6.07, 6.45) is 0.869. The smallest absolute Gasteiger partial charge is 0.308 e. The van der Waals surface area contributed by atoms with E-state index in [1.165, 1.54) is 6.92 Å². The van der Waals surface area contributed by atoms with Crippen molar-refractivity contribution >= 4 is 11.9 Å². The number of carboxylic acid groups (broad SMARTS) is 1. The molecule has 0 radical (unpaired) electrons. The van der Waals surface area contributed by atoms with Crippen LogP contribution in [-0.2, 0) is 4.79 Å². The molecule has 1 amide bonds. The van der Waals surface area contributed by atoms with Crippen molar-refractivity contribution in [3.05, 3.63) is 23.8 Å². The molecule has 0 aliphatic heterocycles. The van der Waals surface area contributed by atoms with Crippen LogP contribution in [0.5, 0.6) is 11.5 Å². The fourth-order valence-electron chi connectivity index (χ4n) is 1.77. The summed E-state index contributed by atoms with van der Waals surface area (Å²) in [5.41, 5.74) is 0.368. The minimum atomic E-state index is -0.951. The first-order valence-corrected chi connectivity index (χ1v) is 7.67. The molecule has 0 fully saturated rings. The monoisotopic (exact) mass is 323 g/mol. The van der Waals surface area contributed by atoms with Crippen LogP contribution in [0.4, 0.5) is 0 Å². The van der Waals surface area contributed by atoms with Gasteiger partial charge in [-0.2, -0.15) is 0 Å². The summed E-state index contributed by atoms with van der Waals surface area (Å²) in [4.78, 5) is 23.1. The lowest BCUT2D eigenvalue weighted by Gasteiger charge is -2.14. The number of ether oxygens (including phenoxy) is 2. The van der Waals surface area contributed by atoms with Gasteiger partial charge in [-0.25, -0.2) is 0 Å². The van der Waals surface area contributed by atoms with Gasteiger partial charge >= 0.3 is 5.97 Å². The van der Waals surface area contributed by atoms with E-state index in [9.17, 15) is 9.59 Å². The van der Waals surface area contributed by atoms with E-state index in [1.807, 2.05) is 0 Å². The molecule has 1 atom stereocenters. The van der Waals surface area contributed by atoms with Crippen molar-refractivity contribution < 1.29 is 24.2 Å². The highest BCUT2D eigenvalue weighted by Gasteiger charge is 2.17. The topological polar surface area (TPSA) is 84.9 Å². The molecule has 1 unspecified atom stereocenters. The van der Waals surface area contributed by atoms with E-state index in [2.05, 4.69) is 19.2 Å². The molecule has 0 aliphatic rings. The first-order valence-electron chi connectivity index (χ1n) is 7.67. The maximum Gasteiger partial charge on any atom is 0.308 e. The number of rotatable bonds is 9. The van der Waals surface area contributed by atoms with Gasteiger partial charge in [-0.1, -0.05) is 20.8 Å². The Labute approximate surface area is 136 Å². The van der Waals surface area contributed by atoms with Gasteiger partial charge in [-0.05, 0) is 24.5 Å². The first-order chi connectivity index (χ1) is 10.8. The summed E-state index contributed by atoms with van der Waals surface area (Å²) >= 11 is 0. The molecule has 0 bridgehead atoms. The lowest BCUT2D eigenvalue weighted by molar-refractivity contribution is -0.140. The number of nitrogens with one attached hydrogen (secondary N) is 1. The van der Waals surface area contributed by atoms with Crippen molar-refractivity contribution in [3.8, 4) is 11.5 Å². The van der Waals surface area contributed by atoms with Gasteiger partial charge in [-0.3, -0.25) is 9.59 Å². The molecule has 128 valence electrons. The number of benzene rings is 1. The van der Waals surface area contributed by atoms with Crippen molar-refractivity contribution in [2.24, 2.45) is 11.8 Å². The lowest BCUT2D eigenvalue weighted by atomic mass is 10.1. The number of methoxy groups -OCH3 is 1. The van der Waals surface area contributed by atoms with Gasteiger partial charge in [0.2, 0.25) is 0 Å². The Bertz CT molecular complexity index is 542. The van der Waals surface area contributed by atoms with Crippen LogP contribution in [0.25, 0.3) is 0 Å². The van der Waals surface area contributed by atoms with Gasteiger partial charge in [0.1, 0.15) is 11.5 Å². The fourth-order valence-corrected chi connectivity index (χ4v) is 1.77. The number of carbonyl (C=O) groups is 2. The molecule has 6 heteroatoms. The van der Waals surface area contributed by atoms with Crippen LogP contribution in [0.2, 0.25) is 0 Å². The van der Waals surface area contributed by atoms with Crippen LogP contribution in [0, 0.1) is 11.8 Å². The Morgan fingerprint density at radius 1 is 1.26 bits per heavy atom. The number of carboxylic acids is 1. The van der Waals surface area contributed by atoms with Gasteiger partial charge < -0.3 is 19.9 Å². The van der Waals surface area contributed by atoms with E-state index < -0.39 is 11.9 Å². The quantitative estimate of drug-likeness (QED) is 0.729. The highest BCUT2D eigenvalue weighted by atomic mass is 16.5. The van der Waals surface area contributed by atoms with Crippen LogP contribution in [-0.4, -0.2) is 37.2 Å². The van der Waals surface area contributed by atoms with Gasteiger partial charge in [0.15, 0.2) is 0 Å². The fraction of sp³-hybridized carbons (Fsp3) is 0.529. The van der Waals surface area contributed by atoms with Crippen molar-refractivity contribution in [3.63, 3.8) is 0 Å². The molecule has 0 spiro atoms. The molecular weight excluding hydrogens is 298 g/mol. The zero-order chi connectivity index (χ0) is 17.4. The van der Waals surface area contributed by atoms with Crippen LogP contribution < -0.4 is 14.8 Å². The largest absolute Gasteiger partial charge is 0.497 e. The molecule has 6 nitrogen and oxygen atoms in total. The average Bonchev–Trinajstić information content (AvgIpc) is 2.51. The maximum absolute atomic E-state index is 12.3. The highest BCUT2D eigenvalue weighted by molar-refractivity contribution is 5.97. The zero-order valence-electron chi connectivity index (χ0n) is 14.1. The molecule has 0 heterocycles. The van der Waals surface area contributed by atoms with E-state index in [1.54, 1.807) is 25.3 Å². The standard InChI is InChI=1S/C17H25NO5/c1-11(2)7-8-23-15-9-13(22-4)5-6-14(15)16(19)18-10-12(3)17(20)21/h5-6,9,11-12H,7-8,10H2,1-4H3,(H,18,19)(H,20,21). The van der Waals surface area contributed by atoms with E-state index in [0.717, 1.165) is 6.42 Å². The molecular formula is C17H25NO5. The summed E-state index contributed by atoms with van der Waals surface area (Å²) in [6, 6.07) is 4.95. The van der Waals surface area contributed by atoms with E-state index >= 15 is 0 Å². The predicted molar refractivity (Wildman–Crippen MR) is 87.1 cm³/mol. The lowest BCUT2D eigenvalue weighted by Crippen LogP contribution is -2.31. The van der Waals surface area contributed by atoms with Crippen molar-refractivity contribution in [2.45, 2.75) is 27.2 Å². The minimum absolute atomic E-state index is 0.0611. The molecule has 0 aromatic heterocycles. The first kappa shape index (κ1) is 18.8. The van der Waals surface area contributed by atoms with Crippen LogP contribution in [0.1, 0.15) is 37.6 Å². The number of aliphatic carboxylic acids is 1. The second-order valence-corrected chi connectivity index (χ2v) is 5.84. The zero-order valence-corrected chi connectivity index (χ0v) is 14.1. The predicted octanol–water partition coefficient (Wildman–Crippen LogP) is 2.57. The third kappa shape index (κ3) is 6.18. The van der Waals surface area contributed by atoms with Crippen LogP contribution >= 0.6 is 0 Å². The number of carbonyl (C=O) groups excluding carboxylic acids is 1. The van der Waals surface area contributed by atoms with Crippen LogP contribution in [0.15, 0.2) is 18.2 Å². The Kier molecular flexibility index (Phi) is 7.38. The molecule has 2 N–H and O–H groups in total. The number of hydrogen-bond acceptors (Lipinski definition) is 4. The molecule has 23 heavy (non-hydrogen) atoms. The molecule has 0 aliphatic carbocycles. The van der Waals surface area contributed by atoms with Crippen LogP contribution in [0.3, 0.4) is 0 Å². The Hall–Kier alpha value is -2.24. The Balaban J connectivity index is 2.82. The van der Waals surface area contributed by atoms with Gasteiger partial charge in [0, 0.05) is 12.6 Å². The molecule has 0 saturated heterocycles. The summed E-state index contributed by atoms with van der Waals surface area (Å²) in [5, 5.41) is 11.5. The minimum Gasteiger partial charge on any atom is -0.497 e. The molecule has 0 saturated carbocycles. The number of amides is 1. The van der Waals surface area contributed by atoms with Crippen molar-refractivity contribution in [1.29, 1.82) is 0 Å². The summed E-state index contributed by atoms with van der Waals surface area (Å²) in [7, 11) is 1.54. The van der Waals surface area contributed by atoms with Crippen molar-refractivity contribution in [1.82, 2.24) is 5.32 Å². The van der Waals surface area contributed by atoms with E-state index in [0.29, 0.717) is 29.6 Å². The third-order valence-electron chi connectivity index (χ3n) is 3.38. The second-order valence-electron chi connectivity index (χ2n) is 5.84. The Morgan fingerprint density at radius 2 is 1.96 bits per heavy atom. The average molecular weight is 323 g/mol. The number of hydrogen-bond donors (Lipinski definition) is 2.